The number of hydrogen-bond acceptors (Lipinski definition) is 3. The Kier molecular flexibility index (Phi) is 6.02. The van der Waals surface area contributed by atoms with Gasteiger partial charge >= 0.3 is 0 Å². The van der Waals surface area contributed by atoms with Crippen molar-refractivity contribution in [3.63, 3.8) is 0 Å². The third kappa shape index (κ3) is 4.35. The van der Waals surface area contributed by atoms with Gasteiger partial charge in [-0.3, -0.25) is 14.6 Å². The maximum atomic E-state index is 14.0. The van der Waals surface area contributed by atoms with Crippen molar-refractivity contribution in [2.75, 3.05) is 13.1 Å². The Hall–Kier alpha value is -2.83. The Balaban J connectivity index is 1.84. The number of pyridine rings is 1. The van der Waals surface area contributed by atoms with Crippen LogP contribution in [0.1, 0.15) is 36.2 Å². The molecule has 1 saturated heterocycles. The molecule has 148 valence electrons. The third-order valence-corrected chi connectivity index (χ3v) is 5.05. The molecule has 0 saturated carbocycles. The van der Waals surface area contributed by atoms with Crippen molar-refractivity contribution in [2.45, 2.75) is 32.9 Å². The van der Waals surface area contributed by atoms with E-state index in [2.05, 4.69) is 4.98 Å². The van der Waals surface area contributed by atoms with E-state index in [-0.39, 0.29) is 42.2 Å². The van der Waals surface area contributed by atoms with Crippen LogP contribution in [-0.4, -0.2) is 45.7 Å². The fourth-order valence-corrected chi connectivity index (χ4v) is 3.44. The van der Waals surface area contributed by atoms with E-state index in [1.54, 1.807) is 17.0 Å². The molecule has 0 radical (unpaired) electrons. The van der Waals surface area contributed by atoms with Crippen LogP contribution < -0.4 is 0 Å². The van der Waals surface area contributed by atoms with Gasteiger partial charge in [0.2, 0.25) is 5.91 Å². The summed E-state index contributed by atoms with van der Waals surface area (Å²) in [6.07, 6.45) is 2.54. The highest BCUT2D eigenvalue weighted by molar-refractivity contribution is 5.95. The minimum atomic E-state index is -0.674. The largest absolute Gasteiger partial charge is 0.336 e. The minimum absolute atomic E-state index is 0.0445. The average Bonchev–Trinajstić information content (AvgIpc) is 2.83. The summed E-state index contributed by atoms with van der Waals surface area (Å²) in [7, 11) is 0. The Morgan fingerprint density at radius 2 is 1.93 bits per heavy atom. The second-order valence-electron chi connectivity index (χ2n) is 7.32. The van der Waals surface area contributed by atoms with E-state index < -0.39 is 11.7 Å². The number of amides is 2. The number of hydrogen-bond donors (Lipinski definition) is 0. The summed E-state index contributed by atoms with van der Waals surface area (Å²) in [6.45, 7) is 4.84. The number of carbonyl (C=O) groups is 2. The molecule has 2 heterocycles. The highest BCUT2D eigenvalue weighted by atomic mass is 19.1. The molecule has 0 N–H and O–H groups in total. The van der Waals surface area contributed by atoms with Crippen LogP contribution in [-0.2, 0) is 11.3 Å². The molecule has 2 aromatic rings. The zero-order valence-corrected chi connectivity index (χ0v) is 15.9. The van der Waals surface area contributed by atoms with Gasteiger partial charge in [-0.05, 0) is 29.7 Å². The van der Waals surface area contributed by atoms with Gasteiger partial charge in [-0.25, -0.2) is 8.78 Å². The number of halogens is 2. The second-order valence-corrected chi connectivity index (χ2v) is 7.32. The van der Waals surface area contributed by atoms with Gasteiger partial charge in [0.25, 0.3) is 5.91 Å². The number of rotatable bonds is 4. The van der Waals surface area contributed by atoms with E-state index in [0.29, 0.717) is 13.1 Å². The lowest BCUT2D eigenvalue weighted by Gasteiger charge is -2.34. The molecule has 28 heavy (non-hydrogen) atoms. The van der Waals surface area contributed by atoms with E-state index in [1.807, 2.05) is 13.8 Å². The molecule has 0 aliphatic carbocycles. The molecule has 1 atom stereocenters. The van der Waals surface area contributed by atoms with Crippen LogP contribution in [0.15, 0.2) is 42.7 Å². The van der Waals surface area contributed by atoms with Crippen LogP contribution in [0.5, 0.6) is 0 Å². The Bertz CT molecular complexity index is 855. The minimum Gasteiger partial charge on any atom is -0.336 e. The molecule has 1 fully saturated rings. The topological polar surface area (TPSA) is 53.5 Å². The zero-order valence-electron chi connectivity index (χ0n) is 15.9. The maximum Gasteiger partial charge on any atom is 0.257 e. The predicted molar refractivity (Wildman–Crippen MR) is 100 cm³/mol. The summed E-state index contributed by atoms with van der Waals surface area (Å²) in [5.41, 5.74) is 0.775. The van der Waals surface area contributed by atoms with Crippen molar-refractivity contribution in [1.29, 1.82) is 0 Å². The quantitative estimate of drug-likeness (QED) is 0.809. The Morgan fingerprint density at radius 1 is 1.21 bits per heavy atom. The van der Waals surface area contributed by atoms with Gasteiger partial charge in [0.15, 0.2) is 5.82 Å². The SMILES string of the molecule is CC(C)[C@H]1CN(C(=O)c2ccncc2F)CCC(=O)N1Cc1ccc(F)cc1. The van der Waals surface area contributed by atoms with Gasteiger partial charge in [-0.1, -0.05) is 26.0 Å². The average molecular weight is 387 g/mol. The van der Waals surface area contributed by atoms with E-state index in [0.717, 1.165) is 11.8 Å². The van der Waals surface area contributed by atoms with Gasteiger partial charge < -0.3 is 9.80 Å². The van der Waals surface area contributed by atoms with Crippen LogP contribution in [0.4, 0.5) is 8.78 Å². The lowest BCUT2D eigenvalue weighted by atomic mass is 10.0. The molecule has 7 heteroatoms. The van der Waals surface area contributed by atoms with Crippen LogP contribution >= 0.6 is 0 Å². The number of nitrogens with zero attached hydrogens (tertiary/aromatic N) is 3. The van der Waals surface area contributed by atoms with Gasteiger partial charge in [0.1, 0.15) is 5.82 Å². The molecule has 0 bridgehead atoms. The molecule has 3 rings (SSSR count). The Morgan fingerprint density at radius 3 is 2.57 bits per heavy atom. The molecule has 1 aromatic carbocycles. The molecule has 5 nitrogen and oxygen atoms in total. The van der Waals surface area contributed by atoms with Gasteiger partial charge in [-0.15, -0.1) is 0 Å². The molecule has 0 unspecified atom stereocenters. The molecule has 2 amide bonds. The van der Waals surface area contributed by atoms with Gasteiger partial charge in [0.05, 0.1) is 17.8 Å². The molecule has 0 spiro atoms. The van der Waals surface area contributed by atoms with Crippen molar-refractivity contribution >= 4 is 11.8 Å². The zero-order chi connectivity index (χ0) is 20.3. The third-order valence-electron chi connectivity index (χ3n) is 5.05. The number of carbonyl (C=O) groups excluding carboxylic acids is 2. The van der Waals surface area contributed by atoms with Crippen LogP contribution in [0, 0.1) is 17.6 Å². The lowest BCUT2D eigenvalue weighted by molar-refractivity contribution is -0.134. The number of benzene rings is 1. The van der Waals surface area contributed by atoms with E-state index >= 15 is 0 Å². The van der Waals surface area contributed by atoms with Crippen LogP contribution in [0.2, 0.25) is 0 Å². The fourth-order valence-electron chi connectivity index (χ4n) is 3.44. The molecule has 1 aromatic heterocycles. The molecular formula is C21H23F2N3O2. The summed E-state index contributed by atoms with van der Waals surface area (Å²) in [5, 5.41) is 0. The van der Waals surface area contributed by atoms with Crippen LogP contribution in [0.3, 0.4) is 0 Å². The summed E-state index contributed by atoms with van der Waals surface area (Å²) < 4.78 is 27.2. The molecular weight excluding hydrogens is 364 g/mol. The van der Waals surface area contributed by atoms with Crippen molar-refractivity contribution in [3.8, 4) is 0 Å². The van der Waals surface area contributed by atoms with Crippen molar-refractivity contribution in [3.05, 3.63) is 65.5 Å². The molecule has 1 aliphatic rings. The lowest BCUT2D eigenvalue weighted by Crippen LogP contribution is -2.47. The first-order chi connectivity index (χ1) is 13.4. The van der Waals surface area contributed by atoms with E-state index in [9.17, 15) is 18.4 Å². The summed E-state index contributed by atoms with van der Waals surface area (Å²) in [5.74, 6) is -1.44. The highest BCUT2D eigenvalue weighted by Gasteiger charge is 2.34. The van der Waals surface area contributed by atoms with E-state index in [4.69, 9.17) is 0 Å². The van der Waals surface area contributed by atoms with Crippen molar-refractivity contribution < 1.29 is 18.4 Å². The summed E-state index contributed by atoms with van der Waals surface area (Å²) >= 11 is 0. The smallest absolute Gasteiger partial charge is 0.257 e. The first-order valence-electron chi connectivity index (χ1n) is 9.29. The summed E-state index contributed by atoms with van der Waals surface area (Å²) in [4.78, 5) is 32.6. The Labute approximate surface area is 163 Å². The predicted octanol–water partition coefficient (Wildman–Crippen LogP) is 3.26. The first kappa shape index (κ1) is 19.9. The molecule has 1 aliphatic heterocycles. The monoisotopic (exact) mass is 387 g/mol. The standard InChI is InChI=1S/C21H23F2N3O2/c1-14(2)19-13-25(21(28)17-7-9-24-11-18(17)23)10-8-20(27)26(19)12-15-3-5-16(22)6-4-15/h3-7,9,11,14,19H,8,10,12-13H2,1-2H3/t19-/m1/s1. The van der Waals surface area contributed by atoms with E-state index in [1.165, 1.54) is 29.3 Å². The van der Waals surface area contributed by atoms with Gasteiger partial charge in [-0.2, -0.15) is 0 Å². The fraction of sp³-hybridized carbons (Fsp3) is 0.381. The maximum absolute atomic E-state index is 14.0. The van der Waals surface area contributed by atoms with Crippen LogP contribution in [0.25, 0.3) is 0 Å². The first-order valence-corrected chi connectivity index (χ1v) is 9.29. The normalized spacial score (nSPS) is 17.8. The van der Waals surface area contributed by atoms with Gasteiger partial charge in [0, 0.05) is 32.3 Å². The summed E-state index contributed by atoms with van der Waals surface area (Å²) in [6, 6.07) is 7.16. The van der Waals surface area contributed by atoms with Crippen molar-refractivity contribution in [1.82, 2.24) is 14.8 Å². The highest BCUT2D eigenvalue weighted by Crippen LogP contribution is 2.22. The number of aromatic nitrogens is 1. The van der Waals surface area contributed by atoms with Crippen molar-refractivity contribution in [2.24, 2.45) is 5.92 Å². The second kappa shape index (κ2) is 8.46.